The van der Waals surface area contributed by atoms with Crippen LogP contribution < -0.4 is 4.74 Å². The van der Waals surface area contributed by atoms with E-state index >= 15 is 0 Å². The summed E-state index contributed by atoms with van der Waals surface area (Å²) in [5.74, 6) is -0.141. The highest BCUT2D eigenvalue weighted by Crippen LogP contribution is 2.35. The second kappa shape index (κ2) is 8.72. The quantitative estimate of drug-likeness (QED) is 0.235. The van der Waals surface area contributed by atoms with Gasteiger partial charge in [0.2, 0.25) is 5.91 Å². The lowest BCUT2D eigenvalue weighted by atomic mass is 10.0. The second-order valence-corrected chi connectivity index (χ2v) is 15.5. The van der Waals surface area contributed by atoms with E-state index in [9.17, 15) is 14.4 Å². The van der Waals surface area contributed by atoms with Gasteiger partial charge in [-0.2, -0.15) is 0 Å². The van der Waals surface area contributed by atoms with Gasteiger partial charge in [-0.05, 0) is 47.2 Å². The monoisotopic (exact) mass is 530 g/mol. The molecule has 0 N–H and O–H groups in total. The minimum atomic E-state index is -1.25. The Bertz CT molecular complexity index is 839. The van der Waals surface area contributed by atoms with E-state index in [-0.39, 0.29) is 30.9 Å². The van der Waals surface area contributed by atoms with Gasteiger partial charge in [-0.3, -0.25) is 19.3 Å². The Balaban J connectivity index is 1.72. The first kappa shape index (κ1) is 22.2. The maximum absolute atomic E-state index is 13.0. The van der Waals surface area contributed by atoms with Crippen molar-refractivity contribution in [1.82, 2.24) is 9.80 Å². The lowest BCUT2D eigenvalue weighted by molar-refractivity contribution is -0.158. The van der Waals surface area contributed by atoms with Crippen LogP contribution in [-0.2, 0) is 20.9 Å². The number of imide groups is 1. The Morgan fingerprint density at radius 3 is 2.59 bits per heavy atom. The Morgan fingerprint density at radius 2 is 1.93 bits per heavy atom. The molecule has 1 fully saturated rings. The average molecular weight is 530 g/mol. The Morgan fingerprint density at radius 1 is 1.21 bits per heavy atom. The largest absolute Gasteiger partial charge is 0.496 e. The van der Waals surface area contributed by atoms with Crippen LogP contribution in [-0.4, -0.2) is 62.1 Å². The SMILES string of the molecule is COc1cc(I)cc2c1CN(C1CCC(=O)N(COCC[Si](C)(C)C)C1=O)C2=O. The normalized spacial score (nSPS) is 19.8. The molecule has 1 saturated heterocycles. The van der Waals surface area contributed by atoms with Gasteiger partial charge >= 0.3 is 0 Å². The summed E-state index contributed by atoms with van der Waals surface area (Å²) in [6.07, 6.45) is 0.560. The van der Waals surface area contributed by atoms with Crippen molar-refractivity contribution in [3.05, 3.63) is 26.8 Å². The summed E-state index contributed by atoms with van der Waals surface area (Å²) >= 11 is 2.14. The fraction of sp³-hybridized carbons (Fsp3) is 0.550. The molecule has 158 valence electrons. The fourth-order valence-electron chi connectivity index (χ4n) is 3.58. The van der Waals surface area contributed by atoms with Gasteiger partial charge in [0.1, 0.15) is 18.5 Å². The number of fused-ring (bicyclic) bond motifs is 1. The topological polar surface area (TPSA) is 76.2 Å². The number of ether oxygens (including phenoxy) is 2. The van der Waals surface area contributed by atoms with E-state index in [2.05, 4.69) is 42.2 Å². The first-order valence-electron chi connectivity index (χ1n) is 9.71. The van der Waals surface area contributed by atoms with Crippen molar-refractivity contribution in [1.29, 1.82) is 0 Å². The van der Waals surface area contributed by atoms with E-state index in [1.165, 1.54) is 0 Å². The molecule has 0 aromatic heterocycles. The van der Waals surface area contributed by atoms with Gasteiger partial charge in [-0.15, -0.1) is 0 Å². The van der Waals surface area contributed by atoms with Crippen molar-refractivity contribution in [2.75, 3.05) is 20.4 Å². The predicted octanol–water partition coefficient (Wildman–Crippen LogP) is 3.09. The van der Waals surface area contributed by atoms with E-state index in [1.807, 2.05) is 12.1 Å². The number of nitrogens with zero attached hydrogens (tertiary/aromatic N) is 2. The molecule has 2 heterocycles. The minimum Gasteiger partial charge on any atom is -0.496 e. The molecule has 1 atom stereocenters. The van der Waals surface area contributed by atoms with E-state index in [0.29, 0.717) is 30.9 Å². The van der Waals surface area contributed by atoms with E-state index in [1.54, 1.807) is 12.0 Å². The lowest BCUT2D eigenvalue weighted by Crippen LogP contribution is -2.55. The smallest absolute Gasteiger partial charge is 0.255 e. The molecule has 0 radical (unpaired) electrons. The number of likely N-dealkylation sites (tertiary alicyclic amines) is 1. The maximum Gasteiger partial charge on any atom is 0.255 e. The third kappa shape index (κ3) is 4.83. The van der Waals surface area contributed by atoms with E-state index < -0.39 is 14.1 Å². The minimum absolute atomic E-state index is 0.0468. The number of amides is 3. The fourth-order valence-corrected chi connectivity index (χ4v) is 4.93. The van der Waals surface area contributed by atoms with Gasteiger partial charge in [-0.1, -0.05) is 19.6 Å². The summed E-state index contributed by atoms with van der Waals surface area (Å²) in [7, 11) is 0.322. The van der Waals surface area contributed by atoms with E-state index in [0.717, 1.165) is 20.1 Å². The van der Waals surface area contributed by atoms with Crippen molar-refractivity contribution in [3.63, 3.8) is 0 Å². The van der Waals surface area contributed by atoms with Crippen molar-refractivity contribution in [2.45, 2.75) is 51.1 Å². The van der Waals surface area contributed by atoms with Crippen molar-refractivity contribution in [3.8, 4) is 5.75 Å². The molecule has 1 unspecified atom stereocenters. The lowest BCUT2D eigenvalue weighted by Gasteiger charge is -2.35. The van der Waals surface area contributed by atoms with Crippen LogP contribution in [0, 0.1) is 3.57 Å². The van der Waals surface area contributed by atoms with Gasteiger partial charge in [0.05, 0.1) is 13.7 Å². The number of methoxy groups -OCH3 is 1. The first-order chi connectivity index (χ1) is 13.6. The Hall–Kier alpha value is -1.46. The molecule has 9 heteroatoms. The molecule has 2 aliphatic heterocycles. The number of piperidine rings is 1. The first-order valence-corrected chi connectivity index (χ1v) is 14.5. The highest BCUT2D eigenvalue weighted by molar-refractivity contribution is 14.1. The third-order valence-corrected chi connectivity index (χ3v) is 7.62. The van der Waals surface area contributed by atoms with Gasteiger partial charge in [0, 0.05) is 35.8 Å². The number of carbonyl (C=O) groups excluding carboxylic acids is 3. The molecule has 1 aromatic rings. The highest BCUT2D eigenvalue weighted by atomic mass is 127. The zero-order valence-corrected chi connectivity index (χ0v) is 20.4. The third-order valence-electron chi connectivity index (χ3n) is 5.29. The van der Waals surface area contributed by atoms with Crippen LogP contribution in [0.3, 0.4) is 0 Å². The number of benzene rings is 1. The highest BCUT2D eigenvalue weighted by Gasteiger charge is 2.43. The summed E-state index contributed by atoms with van der Waals surface area (Å²) in [6, 6.07) is 4.00. The van der Waals surface area contributed by atoms with Gasteiger partial charge in [-0.25, -0.2) is 0 Å². The van der Waals surface area contributed by atoms with Crippen LogP contribution in [0.2, 0.25) is 25.7 Å². The summed E-state index contributed by atoms with van der Waals surface area (Å²) in [5, 5.41) is 0. The van der Waals surface area contributed by atoms with E-state index in [4.69, 9.17) is 9.47 Å². The summed E-state index contributed by atoms with van der Waals surface area (Å²) < 4.78 is 12.0. The van der Waals surface area contributed by atoms with Crippen LogP contribution >= 0.6 is 22.6 Å². The number of rotatable bonds is 7. The molecule has 3 amide bonds. The number of hydrogen-bond donors (Lipinski definition) is 0. The van der Waals surface area contributed by atoms with Gasteiger partial charge < -0.3 is 14.4 Å². The van der Waals surface area contributed by atoms with Crippen LogP contribution in [0.1, 0.15) is 28.8 Å². The number of halogens is 1. The second-order valence-electron chi connectivity index (χ2n) is 8.63. The molecule has 0 aliphatic carbocycles. The molecule has 3 rings (SSSR count). The van der Waals surface area contributed by atoms with Gasteiger partial charge in [0.15, 0.2) is 0 Å². The molecule has 7 nitrogen and oxygen atoms in total. The molecule has 0 saturated carbocycles. The zero-order chi connectivity index (χ0) is 21.3. The van der Waals surface area contributed by atoms with Crippen LogP contribution in [0.4, 0.5) is 0 Å². The molecular weight excluding hydrogens is 503 g/mol. The summed E-state index contributed by atoms with van der Waals surface area (Å²) in [4.78, 5) is 41.1. The number of hydrogen-bond acceptors (Lipinski definition) is 5. The standard InChI is InChI=1S/C20H27IN2O5Si/c1-27-17-10-13(21)9-14-15(17)11-22(19(14)25)16-5-6-18(24)23(20(16)26)12-28-7-8-29(2,3)4/h9-10,16H,5-8,11-12H2,1-4H3. The molecule has 0 spiro atoms. The maximum atomic E-state index is 13.0. The van der Waals surface area contributed by atoms with Crippen molar-refractivity contribution >= 4 is 48.4 Å². The van der Waals surface area contributed by atoms with Crippen LogP contribution in [0.5, 0.6) is 5.75 Å². The molecule has 0 bridgehead atoms. The molecule has 1 aromatic carbocycles. The van der Waals surface area contributed by atoms with Crippen molar-refractivity contribution in [2.24, 2.45) is 0 Å². The number of carbonyl (C=O) groups is 3. The average Bonchev–Trinajstić information content (AvgIpc) is 2.96. The van der Waals surface area contributed by atoms with Crippen molar-refractivity contribution < 1.29 is 23.9 Å². The summed E-state index contributed by atoms with van der Waals surface area (Å²) in [5.41, 5.74) is 1.36. The molecule has 29 heavy (non-hydrogen) atoms. The predicted molar refractivity (Wildman–Crippen MR) is 119 cm³/mol. The summed E-state index contributed by atoms with van der Waals surface area (Å²) in [6.45, 7) is 7.53. The molecule has 2 aliphatic rings. The Kier molecular flexibility index (Phi) is 6.69. The molecular formula is C20H27IN2O5Si. The Labute approximate surface area is 185 Å². The van der Waals surface area contributed by atoms with Crippen LogP contribution in [0.15, 0.2) is 12.1 Å². The van der Waals surface area contributed by atoms with Crippen LogP contribution in [0.25, 0.3) is 0 Å². The zero-order valence-electron chi connectivity index (χ0n) is 17.3. The van der Waals surface area contributed by atoms with Gasteiger partial charge in [0.25, 0.3) is 11.8 Å².